The van der Waals surface area contributed by atoms with Crippen molar-refractivity contribution >= 4 is 5.91 Å². The molecule has 1 saturated heterocycles. The molecule has 0 aliphatic carbocycles. The second kappa shape index (κ2) is 7.75. The zero-order valence-electron chi connectivity index (χ0n) is 14.9. The van der Waals surface area contributed by atoms with E-state index in [2.05, 4.69) is 10.4 Å². The molecule has 1 amide bonds. The summed E-state index contributed by atoms with van der Waals surface area (Å²) in [5.41, 5.74) is -0.618. The molecule has 0 radical (unpaired) electrons. The Kier molecular flexibility index (Phi) is 5.88. The molecule has 2 rings (SSSR count). The van der Waals surface area contributed by atoms with Crippen molar-refractivity contribution in [1.82, 2.24) is 5.32 Å². The quantitative estimate of drug-likeness (QED) is 0.202. The standard InChI is InChI=1S/C16H22N4O6/c1-12-4-6-13(7-5-12)14(21)17-8-9-18-19(22)16(20(23)24)10-25-15(2,3)26-11-16/h4-7H,8-11H2,1-3H3,(H,17,21). The number of nitro groups is 1. The van der Waals surface area contributed by atoms with Gasteiger partial charge in [0, 0.05) is 12.1 Å². The topological polar surface area (TPSA) is 129 Å². The Morgan fingerprint density at radius 2 is 1.81 bits per heavy atom. The molecule has 0 bridgehead atoms. The second-order valence-corrected chi connectivity index (χ2v) is 6.48. The number of benzene rings is 1. The maximum atomic E-state index is 12.2. The van der Waals surface area contributed by atoms with E-state index in [4.69, 9.17) is 9.47 Å². The van der Waals surface area contributed by atoms with Gasteiger partial charge in [-0.15, -0.1) is 0 Å². The number of nitrogens with zero attached hydrogens (tertiary/aromatic N) is 3. The van der Waals surface area contributed by atoms with E-state index in [1.54, 1.807) is 26.0 Å². The van der Waals surface area contributed by atoms with Gasteiger partial charge in [-0.3, -0.25) is 14.9 Å². The Balaban J connectivity index is 1.93. The molecule has 10 nitrogen and oxygen atoms in total. The number of amides is 1. The number of carbonyl (C=O) groups is 1. The molecular weight excluding hydrogens is 344 g/mol. The Bertz CT molecular complexity index is 691. The van der Waals surface area contributed by atoms with Gasteiger partial charge in [-0.25, -0.2) is 0 Å². The van der Waals surface area contributed by atoms with E-state index < -0.39 is 29.6 Å². The number of hydrogen-bond donors (Lipinski definition) is 1. The monoisotopic (exact) mass is 366 g/mol. The number of azo groups is 1. The molecule has 10 heteroatoms. The number of carbonyl (C=O) groups excluding carboxylic acids is 1. The summed E-state index contributed by atoms with van der Waals surface area (Å²) >= 11 is 0. The van der Waals surface area contributed by atoms with Gasteiger partial charge in [0.25, 0.3) is 5.91 Å². The average molecular weight is 366 g/mol. The van der Waals surface area contributed by atoms with Gasteiger partial charge in [0.2, 0.25) is 0 Å². The van der Waals surface area contributed by atoms with Crippen molar-refractivity contribution in [2.45, 2.75) is 32.2 Å². The zero-order chi connectivity index (χ0) is 19.4. The zero-order valence-corrected chi connectivity index (χ0v) is 14.9. The molecule has 1 aromatic rings. The summed E-state index contributed by atoms with van der Waals surface area (Å²) in [4.78, 5) is 22.5. The first kappa shape index (κ1) is 19.7. The van der Waals surface area contributed by atoms with Crippen LogP contribution < -0.4 is 5.32 Å². The first-order valence-corrected chi connectivity index (χ1v) is 8.08. The lowest BCUT2D eigenvalue weighted by Crippen LogP contribution is -2.60. The highest BCUT2D eigenvalue weighted by Crippen LogP contribution is 2.26. The number of hydroxylamine groups is 1. The molecule has 1 N–H and O–H groups in total. The van der Waals surface area contributed by atoms with Crippen LogP contribution in [0.15, 0.2) is 29.4 Å². The van der Waals surface area contributed by atoms with E-state index in [0.29, 0.717) is 5.56 Å². The Morgan fingerprint density at radius 3 is 2.35 bits per heavy atom. The third kappa shape index (κ3) is 4.52. The average Bonchev–Trinajstić information content (AvgIpc) is 2.59. The number of ether oxygens (including phenoxy) is 2. The summed E-state index contributed by atoms with van der Waals surface area (Å²) < 4.78 is 10.5. The van der Waals surface area contributed by atoms with Gasteiger partial charge in [0.15, 0.2) is 19.0 Å². The van der Waals surface area contributed by atoms with Crippen LogP contribution in [-0.2, 0) is 9.47 Å². The van der Waals surface area contributed by atoms with E-state index in [0.717, 1.165) is 5.56 Å². The summed E-state index contributed by atoms with van der Waals surface area (Å²) in [6.45, 7) is 4.17. The highest BCUT2D eigenvalue weighted by Gasteiger charge is 2.59. The predicted molar refractivity (Wildman–Crippen MR) is 90.1 cm³/mol. The van der Waals surface area contributed by atoms with Gasteiger partial charge in [-0.2, -0.15) is 0 Å². The largest absolute Gasteiger partial charge is 0.594 e. The molecule has 26 heavy (non-hydrogen) atoms. The fourth-order valence-corrected chi connectivity index (χ4v) is 2.20. The maximum Gasteiger partial charge on any atom is 0.483 e. The molecule has 1 aliphatic rings. The Hall–Kier alpha value is -2.59. The van der Waals surface area contributed by atoms with Gasteiger partial charge in [-0.05, 0) is 42.9 Å². The minimum absolute atomic E-state index is 0.000271. The highest BCUT2D eigenvalue weighted by molar-refractivity contribution is 5.94. The van der Waals surface area contributed by atoms with Crippen LogP contribution in [-0.4, -0.2) is 53.4 Å². The first-order chi connectivity index (χ1) is 12.2. The van der Waals surface area contributed by atoms with E-state index in [9.17, 15) is 20.1 Å². The van der Waals surface area contributed by atoms with Crippen molar-refractivity contribution in [2.75, 3.05) is 26.3 Å². The normalized spacial score (nSPS) is 19.0. The molecule has 1 fully saturated rings. The fourth-order valence-electron chi connectivity index (χ4n) is 2.20. The predicted octanol–water partition coefficient (Wildman–Crippen LogP) is 1.44. The maximum absolute atomic E-state index is 12.2. The van der Waals surface area contributed by atoms with Gasteiger partial charge < -0.3 is 20.0 Å². The minimum Gasteiger partial charge on any atom is -0.594 e. The molecule has 0 unspecified atom stereocenters. The van der Waals surface area contributed by atoms with Crippen molar-refractivity contribution in [1.29, 1.82) is 0 Å². The third-order valence-corrected chi connectivity index (χ3v) is 3.94. The van der Waals surface area contributed by atoms with E-state index in [1.165, 1.54) is 0 Å². The summed E-state index contributed by atoms with van der Waals surface area (Å²) in [6, 6.07) is 6.98. The van der Waals surface area contributed by atoms with Crippen molar-refractivity contribution in [2.24, 2.45) is 5.11 Å². The van der Waals surface area contributed by atoms with Crippen molar-refractivity contribution < 1.29 is 24.1 Å². The van der Waals surface area contributed by atoms with Crippen LogP contribution >= 0.6 is 0 Å². The lowest BCUT2D eigenvalue weighted by Gasteiger charge is -2.34. The van der Waals surface area contributed by atoms with Gasteiger partial charge in [0.1, 0.15) is 11.5 Å². The van der Waals surface area contributed by atoms with Crippen LogP contribution in [0.1, 0.15) is 29.8 Å². The Morgan fingerprint density at radius 1 is 1.23 bits per heavy atom. The van der Waals surface area contributed by atoms with Gasteiger partial charge in [-0.1, -0.05) is 17.7 Å². The summed E-state index contributed by atoms with van der Waals surface area (Å²) in [6.07, 6.45) is 0. The summed E-state index contributed by atoms with van der Waals surface area (Å²) in [5, 5.41) is 29.7. The SMILES string of the molecule is Cc1ccc(C(=O)NCCN=[N+]([O-])C2([N+](=O)[O-])COC(C)(C)OC2)cc1. The molecule has 0 aromatic heterocycles. The van der Waals surface area contributed by atoms with Gasteiger partial charge >= 0.3 is 5.66 Å². The third-order valence-electron chi connectivity index (χ3n) is 3.94. The Labute approximate surface area is 150 Å². The van der Waals surface area contributed by atoms with Crippen LogP contribution in [0.4, 0.5) is 0 Å². The van der Waals surface area contributed by atoms with E-state index >= 15 is 0 Å². The lowest BCUT2D eigenvalue weighted by molar-refractivity contribution is -0.827. The number of aryl methyl sites for hydroxylation is 1. The van der Waals surface area contributed by atoms with Crippen LogP contribution in [0.2, 0.25) is 0 Å². The first-order valence-electron chi connectivity index (χ1n) is 8.08. The minimum atomic E-state index is -2.13. The van der Waals surface area contributed by atoms with Crippen LogP contribution in [0.25, 0.3) is 0 Å². The molecule has 0 saturated carbocycles. The highest BCUT2D eigenvalue weighted by atomic mass is 16.7. The summed E-state index contributed by atoms with van der Waals surface area (Å²) in [5.74, 6) is -1.31. The second-order valence-electron chi connectivity index (χ2n) is 6.48. The number of rotatable bonds is 6. The van der Waals surface area contributed by atoms with Crippen LogP contribution in [0, 0.1) is 22.2 Å². The smallest absolute Gasteiger partial charge is 0.483 e. The molecule has 1 aliphatic heterocycles. The number of hydrogen-bond acceptors (Lipinski definition) is 7. The molecule has 1 aromatic carbocycles. The van der Waals surface area contributed by atoms with Gasteiger partial charge in [0.05, 0.1) is 0 Å². The fraction of sp³-hybridized carbons (Fsp3) is 0.562. The van der Waals surface area contributed by atoms with E-state index in [-0.39, 0.29) is 23.9 Å². The molecule has 1 heterocycles. The molecule has 0 spiro atoms. The van der Waals surface area contributed by atoms with E-state index in [1.807, 2.05) is 19.1 Å². The number of nitrogens with one attached hydrogen (secondary N) is 1. The van der Waals surface area contributed by atoms with Crippen molar-refractivity contribution in [3.8, 4) is 0 Å². The van der Waals surface area contributed by atoms with Crippen molar-refractivity contribution in [3.05, 3.63) is 50.7 Å². The van der Waals surface area contributed by atoms with Crippen LogP contribution in [0.3, 0.4) is 0 Å². The van der Waals surface area contributed by atoms with Crippen LogP contribution in [0.5, 0.6) is 0 Å². The molecule has 0 atom stereocenters. The molecular formula is C16H22N4O6. The lowest BCUT2D eigenvalue weighted by atomic mass is 10.1. The van der Waals surface area contributed by atoms with Crippen molar-refractivity contribution in [3.63, 3.8) is 0 Å². The summed E-state index contributed by atoms with van der Waals surface area (Å²) in [7, 11) is 0. The molecule has 142 valence electrons.